The van der Waals surface area contributed by atoms with Gasteiger partial charge in [0.2, 0.25) is 0 Å². The van der Waals surface area contributed by atoms with E-state index in [0.717, 1.165) is 31.5 Å². The maximum absolute atomic E-state index is 9.29. The monoisotopic (exact) mass is 216 g/mol. The lowest BCUT2D eigenvalue weighted by molar-refractivity contribution is 0.284. The van der Waals surface area contributed by atoms with E-state index in [4.69, 9.17) is 0 Å². The first-order valence-corrected chi connectivity index (χ1v) is 5.76. The van der Waals surface area contributed by atoms with Crippen LogP contribution >= 0.6 is 0 Å². The average Bonchev–Trinajstić information content (AvgIpc) is 2.39. The number of hydrogen-bond donors (Lipinski definition) is 1. The van der Waals surface area contributed by atoms with Crippen LogP contribution in [0.15, 0.2) is 18.6 Å². The minimum absolute atomic E-state index is 0.199. The van der Waals surface area contributed by atoms with Gasteiger partial charge in [0.05, 0.1) is 17.7 Å². The Morgan fingerprint density at radius 1 is 1.31 bits per heavy atom. The van der Waals surface area contributed by atoms with Gasteiger partial charge in [0.25, 0.3) is 0 Å². The van der Waals surface area contributed by atoms with Crippen molar-refractivity contribution < 1.29 is 0 Å². The Labute approximate surface area is 95.7 Å². The van der Waals surface area contributed by atoms with Crippen LogP contribution in [0.1, 0.15) is 32.1 Å². The molecule has 0 radical (unpaired) electrons. The van der Waals surface area contributed by atoms with E-state index in [9.17, 15) is 5.26 Å². The van der Waals surface area contributed by atoms with E-state index in [0.29, 0.717) is 6.54 Å². The molecule has 1 fully saturated rings. The highest BCUT2D eigenvalue weighted by molar-refractivity contribution is 5.31. The SMILES string of the molecule is N#CC1(CNc2cnccn2)CCCCC1. The van der Waals surface area contributed by atoms with Gasteiger partial charge in [0, 0.05) is 18.9 Å². The molecule has 2 rings (SSSR count). The molecular weight excluding hydrogens is 200 g/mol. The first-order valence-electron chi connectivity index (χ1n) is 5.76. The van der Waals surface area contributed by atoms with Gasteiger partial charge in [-0.3, -0.25) is 4.98 Å². The van der Waals surface area contributed by atoms with Crippen LogP contribution in [0.25, 0.3) is 0 Å². The van der Waals surface area contributed by atoms with E-state index in [1.54, 1.807) is 18.6 Å². The van der Waals surface area contributed by atoms with E-state index in [-0.39, 0.29) is 5.41 Å². The zero-order valence-corrected chi connectivity index (χ0v) is 9.32. The lowest BCUT2D eigenvalue weighted by Gasteiger charge is -2.30. The Morgan fingerprint density at radius 2 is 2.12 bits per heavy atom. The highest BCUT2D eigenvalue weighted by atomic mass is 15.0. The molecule has 0 bridgehead atoms. The van der Waals surface area contributed by atoms with Gasteiger partial charge < -0.3 is 5.32 Å². The highest BCUT2D eigenvalue weighted by Gasteiger charge is 2.31. The van der Waals surface area contributed by atoms with Crippen molar-refractivity contribution in [3.05, 3.63) is 18.6 Å². The zero-order valence-electron chi connectivity index (χ0n) is 9.32. The van der Waals surface area contributed by atoms with Crippen molar-refractivity contribution >= 4 is 5.82 Å². The van der Waals surface area contributed by atoms with Gasteiger partial charge in [-0.25, -0.2) is 4.98 Å². The first-order chi connectivity index (χ1) is 7.85. The summed E-state index contributed by atoms with van der Waals surface area (Å²) in [6, 6.07) is 2.48. The van der Waals surface area contributed by atoms with Gasteiger partial charge >= 0.3 is 0 Å². The third kappa shape index (κ3) is 2.48. The van der Waals surface area contributed by atoms with Crippen LogP contribution in [0.3, 0.4) is 0 Å². The molecule has 0 saturated heterocycles. The van der Waals surface area contributed by atoms with Gasteiger partial charge in [-0.15, -0.1) is 0 Å². The molecule has 0 aliphatic heterocycles. The average molecular weight is 216 g/mol. The van der Waals surface area contributed by atoms with Gasteiger partial charge in [0.15, 0.2) is 0 Å². The number of nitrogens with one attached hydrogen (secondary N) is 1. The second-order valence-corrected chi connectivity index (χ2v) is 4.40. The van der Waals surface area contributed by atoms with E-state index < -0.39 is 0 Å². The first kappa shape index (κ1) is 10.9. The van der Waals surface area contributed by atoms with Crippen molar-refractivity contribution in [2.24, 2.45) is 5.41 Å². The van der Waals surface area contributed by atoms with Crippen LogP contribution in [0.5, 0.6) is 0 Å². The molecule has 84 valence electrons. The minimum atomic E-state index is -0.199. The van der Waals surface area contributed by atoms with E-state index in [2.05, 4.69) is 21.4 Å². The molecule has 1 saturated carbocycles. The summed E-state index contributed by atoms with van der Waals surface area (Å²) in [5, 5.41) is 12.5. The summed E-state index contributed by atoms with van der Waals surface area (Å²) in [4.78, 5) is 8.13. The summed E-state index contributed by atoms with van der Waals surface area (Å²) in [5.74, 6) is 0.752. The Kier molecular flexibility index (Phi) is 3.35. The van der Waals surface area contributed by atoms with Crippen LogP contribution in [0.2, 0.25) is 0 Å². The van der Waals surface area contributed by atoms with Crippen LogP contribution in [-0.2, 0) is 0 Å². The molecule has 1 aliphatic carbocycles. The summed E-state index contributed by atoms with van der Waals surface area (Å²) >= 11 is 0. The van der Waals surface area contributed by atoms with Gasteiger partial charge in [-0.2, -0.15) is 5.26 Å². The van der Waals surface area contributed by atoms with Crippen molar-refractivity contribution in [3.8, 4) is 6.07 Å². The maximum atomic E-state index is 9.29. The summed E-state index contributed by atoms with van der Waals surface area (Å²) in [6.07, 6.45) is 10.6. The fourth-order valence-corrected chi connectivity index (χ4v) is 2.21. The number of aromatic nitrogens is 2. The standard InChI is InChI=1S/C12H16N4/c13-9-12(4-2-1-3-5-12)10-16-11-8-14-6-7-15-11/h6-8H,1-5,10H2,(H,15,16). The highest BCUT2D eigenvalue weighted by Crippen LogP contribution is 2.35. The summed E-state index contributed by atoms with van der Waals surface area (Å²) in [5.41, 5.74) is -0.199. The fourth-order valence-electron chi connectivity index (χ4n) is 2.21. The lowest BCUT2D eigenvalue weighted by atomic mass is 9.75. The molecule has 0 unspecified atom stereocenters. The number of rotatable bonds is 3. The number of nitriles is 1. The molecule has 0 amide bonds. The van der Waals surface area contributed by atoms with E-state index in [1.807, 2.05) is 0 Å². The minimum Gasteiger partial charge on any atom is -0.367 e. The summed E-state index contributed by atoms with van der Waals surface area (Å²) < 4.78 is 0. The molecule has 1 N–H and O–H groups in total. The molecule has 4 heteroatoms. The Bertz CT molecular complexity index is 362. The molecule has 4 nitrogen and oxygen atoms in total. The second kappa shape index (κ2) is 4.93. The Morgan fingerprint density at radius 3 is 2.75 bits per heavy atom. The third-order valence-electron chi connectivity index (χ3n) is 3.22. The van der Waals surface area contributed by atoms with Crippen molar-refractivity contribution in [2.45, 2.75) is 32.1 Å². The third-order valence-corrected chi connectivity index (χ3v) is 3.22. The molecule has 0 spiro atoms. The molecule has 0 atom stereocenters. The molecule has 16 heavy (non-hydrogen) atoms. The number of anilines is 1. The zero-order chi connectivity index (χ0) is 11.3. The Hall–Kier alpha value is -1.63. The van der Waals surface area contributed by atoms with E-state index >= 15 is 0 Å². The van der Waals surface area contributed by atoms with E-state index in [1.165, 1.54) is 6.42 Å². The normalized spacial score (nSPS) is 18.7. The van der Waals surface area contributed by atoms with Gasteiger partial charge in [-0.1, -0.05) is 19.3 Å². The smallest absolute Gasteiger partial charge is 0.144 e. The van der Waals surface area contributed by atoms with Crippen molar-refractivity contribution in [1.29, 1.82) is 5.26 Å². The Balaban J connectivity index is 1.95. The van der Waals surface area contributed by atoms with Crippen molar-refractivity contribution in [3.63, 3.8) is 0 Å². The van der Waals surface area contributed by atoms with Crippen molar-refractivity contribution in [1.82, 2.24) is 9.97 Å². The maximum Gasteiger partial charge on any atom is 0.144 e. The molecule has 0 aromatic carbocycles. The van der Waals surface area contributed by atoms with Gasteiger partial charge in [-0.05, 0) is 12.8 Å². The predicted octanol–water partition coefficient (Wildman–Crippen LogP) is 2.36. The molecule has 1 aliphatic rings. The molecule has 1 aromatic heterocycles. The van der Waals surface area contributed by atoms with Crippen LogP contribution in [0, 0.1) is 16.7 Å². The second-order valence-electron chi connectivity index (χ2n) is 4.40. The molecule has 1 heterocycles. The summed E-state index contributed by atoms with van der Waals surface area (Å²) in [6.45, 7) is 0.683. The summed E-state index contributed by atoms with van der Waals surface area (Å²) in [7, 11) is 0. The quantitative estimate of drug-likeness (QED) is 0.842. The largest absolute Gasteiger partial charge is 0.367 e. The number of nitrogens with zero attached hydrogens (tertiary/aromatic N) is 3. The fraction of sp³-hybridized carbons (Fsp3) is 0.583. The number of hydrogen-bond acceptors (Lipinski definition) is 4. The molecule has 1 aromatic rings. The van der Waals surface area contributed by atoms with Crippen molar-refractivity contribution in [2.75, 3.05) is 11.9 Å². The molecular formula is C12H16N4. The van der Waals surface area contributed by atoms with Crippen LogP contribution in [0.4, 0.5) is 5.82 Å². The van der Waals surface area contributed by atoms with Crippen LogP contribution in [-0.4, -0.2) is 16.5 Å². The lowest BCUT2D eigenvalue weighted by Crippen LogP contribution is -2.30. The van der Waals surface area contributed by atoms with Crippen LogP contribution < -0.4 is 5.32 Å². The topological polar surface area (TPSA) is 61.6 Å². The predicted molar refractivity (Wildman–Crippen MR) is 61.7 cm³/mol. The van der Waals surface area contributed by atoms with Gasteiger partial charge in [0.1, 0.15) is 5.82 Å².